The van der Waals surface area contributed by atoms with Crippen LogP contribution in [-0.2, 0) is 47.1 Å². The lowest BCUT2D eigenvalue weighted by Gasteiger charge is -2.42. The zero-order valence-electron chi connectivity index (χ0n) is 73.0. The van der Waals surface area contributed by atoms with Gasteiger partial charge in [0.2, 0.25) is 0 Å². The van der Waals surface area contributed by atoms with Crippen molar-refractivity contribution in [2.45, 2.75) is 295 Å². The Kier molecular flexibility index (Phi) is 22.7. The van der Waals surface area contributed by atoms with Crippen LogP contribution in [0.1, 0.15) is 264 Å². The largest absolute Gasteiger partial charge is 0.362 e. The van der Waals surface area contributed by atoms with Crippen molar-refractivity contribution in [2.75, 3.05) is 9.80 Å². The summed E-state index contributed by atoms with van der Waals surface area (Å²) in [5.74, 6) is 2.90. The highest BCUT2D eigenvalue weighted by molar-refractivity contribution is 6.15. The summed E-state index contributed by atoms with van der Waals surface area (Å²) < 4.78 is 10.5. The summed E-state index contributed by atoms with van der Waals surface area (Å²) in [6, 6.07) is 50.2. The van der Waals surface area contributed by atoms with Crippen molar-refractivity contribution in [1.29, 1.82) is 0 Å². The fourth-order valence-electron chi connectivity index (χ4n) is 16.9. The molecule has 3 aliphatic carbocycles. The zero-order valence-corrected chi connectivity index (χ0v) is 73.0. The number of carbonyl (C=O) groups excluding carboxylic acids is 1. The van der Waals surface area contributed by atoms with Gasteiger partial charge in [0.05, 0.1) is 67.5 Å². The number of benzene rings is 6. The second-order valence-corrected chi connectivity index (χ2v) is 37.7. The van der Waals surface area contributed by atoms with Gasteiger partial charge in [-0.25, -0.2) is 23.4 Å². The quantitative estimate of drug-likeness (QED) is 0.0844. The molecule has 0 radical (unpaired) electrons. The lowest BCUT2D eigenvalue weighted by atomic mass is 9.83. The van der Waals surface area contributed by atoms with Gasteiger partial charge >= 0.3 is 0 Å². The van der Waals surface area contributed by atoms with Gasteiger partial charge in [0.15, 0.2) is 0 Å². The van der Waals surface area contributed by atoms with E-state index in [0.29, 0.717) is 11.0 Å². The molecular weight excluding hydrogens is 1410 g/mol. The van der Waals surface area contributed by atoms with Crippen molar-refractivity contribution in [1.82, 2.24) is 75.0 Å². The van der Waals surface area contributed by atoms with Gasteiger partial charge in [-0.3, -0.25) is 4.79 Å². The number of amides is 1. The molecule has 18 heteroatoms. The first-order valence-corrected chi connectivity index (χ1v) is 42.6. The van der Waals surface area contributed by atoms with Crippen LogP contribution < -0.4 is 9.80 Å². The standard InChI is InChI=1S/C26H30N6.C25H30N4O.C25H32N4.C20H35N3/c1-7-25(3,4)31-23-19-15-11-9-13-17(19)22-24(32(30-28-22)26(5,6)8-2)20-16-12-10-14-18(20)21(23)27-29-31;1-7-24(3,4)28-20-16-12-11-15-19(20)21-22(29(27-26-21)25(5,6)8-2)17-13-9-10-14-18(17)23(28)30;1-7-24(3,4)28-17-18-13-9-10-14-19(18)23-22(20-15-11-12-16-21(20)28)26-27-29(23)25(5,6)8-2;1-7-19(3,4)13-16-14-9-11-17-18(12-10-15(14)16)23(22-21-17)20(5,6)8-2/h9-16H,7-8H2,1-6H3;9-16H,7-8H2,1-6H3;9-16H,7-8,17H2,1-6H3;14-16H,7-13H2,1-6H3/t;;;14-,15+,16+/m...1/s1. The van der Waals surface area contributed by atoms with Crippen LogP contribution in [0.15, 0.2) is 146 Å². The predicted octanol–water partition coefficient (Wildman–Crippen LogP) is 23.3. The van der Waals surface area contributed by atoms with Crippen LogP contribution in [0, 0.1) is 23.2 Å². The molecule has 0 N–H and O–H groups in total. The van der Waals surface area contributed by atoms with Gasteiger partial charge in [-0.2, -0.15) is 0 Å². The Hall–Kier alpha value is -9.71. The van der Waals surface area contributed by atoms with Crippen molar-refractivity contribution >= 4 is 17.3 Å². The lowest BCUT2D eigenvalue weighted by molar-refractivity contribution is 0.0961. The highest BCUT2D eigenvalue weighted by Crippen LogP contribution is 2.58. The van der Waals surface area contributed by atoms with Gasteiger partial charge in [0.1, 0.15) is 22.8 Å². The highest BCUT2D eigenvalue weighted by atomic mass is 16.2. The maximum atomic E-state index is 14.0. The SMILES string of the molecule is CCC(C)(C)C[C@H]1[C@@H]2CCc3nnn(C(C)(C)CC)c3CC[C@@H]21.CCC(C)(C)N1C(=O)c2ccccc2-c2c(nnn2C(C)(C)CC)-c2ccccc21.CCC(C)(C)N1Cc2ccccc2-c2c(nnn2C(C)(C)CC)-c2ccccc21.CCC(C)(C)n1nnc2c1-c1ccccc1-c1nnn(C(C)(C)CC)c1-c1ccccc1-2. The van der Waals surface area contributed by atoms with Crippen LogP contribution in [0.4, 0.5) is 11.4 Å². The van der Waals surface area contributed by atoms with E-state index in [9.17, 15) is 4.79 Å². The zero-order chi connectivity index (χ0) is 82.0. The summed E-state index contributed by atoms with van der Waals surface area (Å²) in [6.07, 6.45) is 14.5. The topological polar surface area (TPSA) is 177 Å². The lowest BCUT2D eigenvalue weighted by Crippen LogP contribution is -2.48. The minimum absolute atomic E-state index is 0.0117. The normalized spacial score (nSPS) is 16.5. The third-order valence-corrected chi connectivity index (χ3v) is 27.4. The van der Waals surface area contributed by atoms with Crippen molar-refractivity contribution in [3.8, 4) is 90.1 Å². The summed E-state index contributed by atoms with van der Waals surface area (Å²) in [7, 11) is 0. The minimum atomic E-state index is -0.351. The first-order valence-electron chi connectivity index (χ1n) is 42.6. The third-order valence-electron chi connectivity index (χ3n) is 27.4. The molecule has 1 saturated carbocycles. The number of rotatable bonds is 17. The van der Waals surface area contributed by atoms with Gasteiger partial charge in [0.25, 0.3) is 5.91 Å². The first-order chi connectivity index (χ1) is 54.1. The molecule has 1 fully saturated rings. The van der Waals surface area contributed by atoms with Crippen LogP contribution in [0.5, 0.6) is 0 Å². The van der Waals surface area contributed by atoms with Crippen molar-refractivity contribution < 1.29 is 4.79 Å². The van der Waals surface area contributed by atoms with E-state index in [4.69, 9.17) is 15.3 Å². The fourth-order valence-corrected chi connectivity index (χ4v) is 16.9. The predicted molar refractivity (Wildman–Crippen MR) is 466 cm³/mol. The number of nitrogens with zero attached hydrogens (tertiary/aromatic N) is 17. The number of hydrogen-bond acceptors (Lipinski definition) is 12. The Labute approximate surface area is 679 Å². The second kappa shape index (κ2) is 31.5. The molecular formula is C96H127N17O. The summed E-state index contributed by atoms with van der Waals surface area (Å²) >= 11 is 0. The molecule has 18 nitrogen and oxygen atoms in total. The minimum Gasteiger partial charge on any atom is -0.362 e. The first kappa shape index (κ1) is 82.3. The van der Waals surface area contributed by atoms with Gasteiger partial charge in [-0.15, -0.1) is 25.5 Å². The molecule has 6 aromatic carbocycles. The van der Waals surface area contributed by atoms with E-state index in [2.05, 4.69) is 323 Å². The summed E-state index contributed by atoms with van der Waals surface area (Å²) in [4.78, 5) is 18.5. The number of anilines is 2. The molecule has 7 heterocycles. The van der Waals surface area contributed by atoms with E-state index in [1.807, 2.05) is 58.1 Å². The van der Waals surface area contributed by atoms with Gasteiger partial charge in [-0.05, 0) is 221 Å². The van der Waals surface area contributed by atoms with E-state index in [1.54, 1.807) is 0 Å². The average molecular weight is 1540 g/mol. The maximum absolute atomic E-state index is 14.0. The van der Waals surface area contributed by atoms with E-state index in [1.165, 1.54) is 60.3 Å². The van der Waals surface area contributed by atoms with Crippen molar-refractivity contribution in [2.24, 2.45) is 23.2 Å². The molecule has 3 atom stereocenters. The Bertz CT molecular complexity index is 5170. The van der Waals surface area contributed by atoms with Gasteiger partial charge in [-0.1, -0.05) is 229 Å². The molecule has 114 heavy (non-hydrogen) atoms. The third kappa shape index (κ3) is 15.0. The molecule has 0 bridgehead atoms. The number of aromatic nitrogens is 15. The molecule has 602 valence electrons. The number of aryl methyl sites for hydroxylation is 1. The van der Waals surface area contributed by atoms with Crippen LogP contribution in [0.3, 0.4) is 0 Å². The highest BCUT2D eigenvalue weighted by Gasteiger charge is 2.51. The average Bonchev–Trinajstić information content (AvgIpc) is 1.56. The van der Waals surface area contributed by atoms with Gasteiger partial charge < -0.3 is 9.80 Å². The molecule has 0 unspecified atom stereocenters. The smallest absolute Gasteiger partial charge is 0.259 e. The number of hydrogen-bond donors (Lipinski definition) is 0. The molecule has 0 spiro atoms. The van der Waals surface area contributed by atoms with Crippen LogP contribution >= 0.6 is 0 Å². The van der Waals surface area contributed by atoms with Gasteiger partial charge in [0, 0.05) is 73.4 Å². The van der Waals surface area contributed by atoms with Crippen molar-refractivity contribution in [3.63, 3.8) is 0 Å². The van der Waals surface area contributed by atoms with Crippen LogP contribution in [-0.4, -0.2) is 92.0 Å². The Morgan fingerprint density at radius 3 is 1.08 bits per heavy atom. The second-order valence-electron chi connectivity index (χ2n) is 37.7. The number of para-hydroxylation sites is 2. The molecule has 0 saturated heterocycles. The Balaban J connectivity index is 0.000000133. The van der Waals surface area contributed by atoms with Crippen LogP contribution in [0.2, 0.25) is 0 Å². The monoisotopic (exact) mass is 1530 g/mol. The fraction of sp³-hybridized carbons (Fsp3) is 0.510. The van der Waals surface area contributed by atoms with Crippen LogP contribution in [0.25, 0.3) is 90.1 Å². The molecule has 11 aromatic rings. The Morgan fingerprint density at radius 1 is 0.325 bits per heavy atom. The number of carbonyl (C=O) groups is 1. The molecule has 2 aliphatic heterocycles. The van der Waals surface area contributed by atoms with E-state index in [-0.39, 0.29) is 44.7 Å². The molecule has 5 aliphatic rings. The summed E-state index contributed by atoms with van der Waals surface area (Å²) in [6.45, 7) is 54.5. The Morgan fingerprint density at radius 2 is 0.649 bits per heavy atom. The summed E-state index contributed by atoms with van der Waals surface area (Å²) in [5.41, 5.74) is 22.7. The molecule has 16 rings (SSSR count). The number of fused-ring (bicyclic) bond motifs is 20. The van der Waals surface area contributed by atoms with E-state index >= 15 is 0 Å². The van der Waals surface area contributed by atoms with Crippen molar-refractivity contribution in [3.05, 3.63) is 168 Å². The van der Waals surface area contributed by atoms with E-state index < -0.39 is 0 Å². The molecule has 5 aromatic heterocycles. The maximum Gasteiger partial charge on any atom is 0.259 e. The molecule has 1 amide bonds. The van der Waals surface area contributed by atoms with E-state index in [0.717, 1.165) is 166 Å². The summed E-state index contributed by atoms with van der Waals surface area (Å²) in [5, 5.41) is 46.6.